The Kier molecular flexibility index (Phi) is 6.24. The second kappa shape index (κ2) is 8.39. The van der Waals surface area contributed by atoms with Gasteiger partial charge < -0.3 is 10.6 Å². The summed E-state index contributed by atoms with van der Waals surface area (Å²) in [5, 5.41) is 5.20. The molecule has 2 N–H and O–H groups in total. The van der Waals surface area contributed by atoms with Gasteiger partial charge in [-0.3, -0.25) is 14.6 Å². The average molecular weight is 361 g/mol. The van der Waals surface area contributed by atoms with Crippen molar-refractivity contribution in [2.75, 3.05) is 11.1 Å². The highest BCUT2D eigenvalue weighted by atomic mass is 32.2. The van der Waals surface area contributed by atoms with E-state index in [1.165, 1.54) is 31.2 Å². The molecule has 2 rings (SSSR count). The zero-order chi connectivity index (χ0) is 18.3. The lowest BCUT2D eigenvalue weighted by Crippen LogP contribution is -2.25. The highest BCUT2D eigenvalue weighted by Gasteiger charge is 2.16. The number of nitrogens with zero attached hydrogens (tertiary/aromatic N) is 1. The number of nitrogens with one attached hydrogen (secondary N) is 2. The topological polar surface area (TPSA) is 105 Å². The molecule has 0 bridgehead atoms. The van der Waals surface area contributed by atoms with Gasteiger partial charge in [0.2, 0.25) is 11.8 Å². The maximum Gasteiger partial charge on any atom is 0.221 e. The number of sulfone groups is 1. The third-order valence-corrected chi connectivity index (χ3v) is 5.06. The maximum atomic E-state index is 12.3. The first-order chi connectivity index (χ1) is 11.9. The summed E-state index contributed by atoms with van der Waals surface area (Å²) in [6, 6.07) is 11.2. The molecule has 0 aliphatic heterocycles. The van der Waals surface area contributed by atoms with Gasteiger partial charge in [-0.1, -0.05) is 6.07 Å². The molecule has 132 valence electrons. The Bertz CT molecular complexity index is 834. The summed E-state index contributed by atoms with van der Waals surface area (Å²) < 4.78 is 24.5. The Balaban J connectivity index is 1.88. The molecule has 25 heavy (non-hydrogen) atoms. The van der Waals surface area contributed by atoms with Crippen LogP contribution in [0, 0.1) is 0 Å². The normalized spacial score (nSPS) is 10.9. The van der Waals surface area contributed by atoms with Crippen LogP contribution in [0.15, 0.2) is 53.6 Å². The number of rotatable bonds is 7. The van der Waals surface area contributed by atoms with Crippen molar-refractivity contribution in [1.29, 1.82) is 0 Å². The molecule has 1 aromatic carbocycles. The van der Waals surface area contributed by atoms with Crippen molar-refractivity contribution >= 4 is 27.3 Å². The van der Waals surface area contributed by atoms with Crippen LogP contribution in [-0.2, 0) is 26.0 Å². The van der Waals surface area contributed by atoms with E-state index in [1.54, 1.807) is 18.3 Å². The van der Waals surface area contributed by atoms with Crippen molar-refractivity contribution in [2.45, 2.75) is 24.8 Å². The molecule has 1 heterocycles. The van der Waals surface area contributed by atoms with Crippen LogP contribution in [0.4, 0.5) is 5.69 Å². The van der Waals surface area contributed by atoms with E-state index < -0.39 is 9.84 Å². The summed E-state index contributed by atoms with van der Waals surface area (Å²) in [5.74, 6) is -0.884. The number of amides is 2. The third-order valence-electron chi connectivity index (χ3n) is 3.32. The predicted molar refractivity (Wildman–Crippen MR) is 93.5 cm³/mol. The minimum Gasteiger partial charge on any atom is -0.350 e. The molecule has 0 aliphatic rings. The lowest BCUT2D eigenvalue weighted by atomic mass is 10.3. The number of carbonyl (C=O) groups is 2. The van der Waals surface area contributed by atoms with Crippen molar-refractivity contribution in [2.24, 2.45) is 0 Å². The molecule has 0 saturated carbocycles. The average Bonchev–Trinajstić information content (AvgIpc) is 2.59. The van der Waals surface area contributed by atoms with Crippen molar-refractivity contribution in [3.8, 4) is 0 Å². The summed E-state index contributed by atoms with van der Waals surface area (Å²) in [6.07, 6.45) is 1.49. The van der Waals surface area contributed by atoms with Gasteiger partial charge in [0.25, 0.3) is 0 Å². The van der Waals surface area contributed by atoms with Crippen LogP contribution in [0.2, 0.25) is 0 Å². The van der Waals surface area contributed by atoms with Gasteiger partial charge in [0.15, 0.2) is 9.84 Å². The van der Waals surface area contributed by atoms with Gasteiger partial charge in [0.05, 0.1) is 22.9 Å². The Morgan fingerprint density at radius 2 is 1.80 bits per heavy atom. The van der Waals surface area contributed by atoms with Gasteiger partial charge in [-0.05, 0) is 36.4 Å². The van der Waals surface area contributed by atoms with E-state index >= 15 is 0 Å². The molecule has 8 heteroatoms. The molecule has 0 fully saturated rings. The van der Waals surface area contributed by atoms with E-state index in [0.29, 0.717) is 11.4 Å². The zero-order valence-electron chi connectivity index (χ0n) is 13.7. The first-order valence-corrected chi connectivity index (χ1v) is 9.29. The molecular weight excluding hydrogens is 342 g/mol. The zero-order valence-corrected chi connectivity index (χ0v) is 14.5. The van der Waals surface area contributed by atoms with Gasteiger partial charge in [-0.15, -0.1) is 0 Å². The van der Waals surface area contributed by atoms with Gasteiger partial charge in [0.1, 0.15) is 0 Å². The molecule has 0 saturated heterocycles. The smallest absolute Gasteiger partial charge is 0.221 e. The molecule has 2 amide bonds. The molecule has 0 radical (unpaired) electrons. The second-order valence-corrected chi connectivity index (χ2v) is 7.48. The van der Waals surface area contributed by atoms with Crippen LogP contribution in [0.25, 0.3) is 0 Å². The van der Waals surface area contributed by atoms with Crippen LogP contribution in [0.3, 0.4) is 0 Å². The quantitative estimate of drug-likeness (QED) is 0.778. The SMILES string of the molecule is CC(=O)Nc1ccc(S(=O)(=O)CCC(=O)NCc2ccccn2)cc1. The van der Waals surface area contributed by atoms with Crippen LogP contribution < -0.4 is 10.6 Å². The number of anilines is 1. The monoisotopic (exact) mass is 361 g/mol. The van der Waals surface area contributed by atoms with E-state index in [2.05, 4.69) is 15.6 Å². The first-order valence-electron chi connectivity index (χ1n) is 7.64. The van der Waals surface area contributed by atoms with Gasteiger partial charge in [-0.25, -0.2) is 8.42 Å². The predicted octanol–water partition coefficient (Wildman–Crippen LogP) is 1.52. The van der Waals surface area contributed by atoms with Crippen molar-refractivity contribution in [3.63, 3.8) is 0 Å². The fourth-order valence-electron chi connectivity index (χ4n) is 2.07. The largest absolute Gasteiger partial charge is 0.350 e. The molecule has 0 atom stereocenters. The fourth-order valence-corrected chi connectivity index (χ4v) is 3.31. The molecule has 0 aliphatic carbocycles. The number of aromatic nitrogens is 1. The fraction of sp³-hybridized carbons (Fsp3) is 0.235. The number of pyridine rings is 1. The highest BCUT2D eigenvalue weighted by Crippen LogP contribution is 2.16. The lowest BCUT2D eigenvalue weighted by Gasteiger charge is -2.07. The molecule has 7 nitrogen and oxygen atoms in total. The van der Waals surface area contributed by atoms with E-state index in [9.17, 15) is 18.0 Å². The molecule has 2 aromatic rings. The number of hydrogen-bond acceptors (Lipinski definition) is 5. The summed E-state index contributed by atoms with van der Waals surface area (Å²) in [5.41, 5.74) is 1.21. The van der Waals surface area contributed by atoms with E-state index in [1.807, 2.05) is 6.07 Å². The van der Waals surface area contributed by atoms with Crippen LogP contribution in [0.5, 0.6) is 0 Å². The van der Waals surface area contributed by atoms with Crippen LogP contribution >= 0.6 is 0 Å². The van der Waals surface area contributed by atoms with Gasteiger partial charge >= 0.3 is 0 Å². The van der Waals surface area contributed by atoms with E-state index in [0.717, 1.165) is 0 Å². The molecule has 1 aromatic heterocycles. The van der Waals surface area contributed by atoms with E-state index in [4.69, 9.17) is 0 Å². The van der Waals surface area contributed by atoms with Gasteiger partial charge in [0, 0.05) is 25.2 Å². The van der Waals surface area contributed by atoms with Crippen molar-refractivity contribution in [1.82, 2.24) is 10.3 Å². The summed E-state index contributed by atoms with van der Waals surface area (Å²) >= 11 is 0. The number of benzene rings is 1. The second-order valence-electron chi connectivity index (χ2n) is 5.37. The van der Waals surface area contributed by atoms with Crippen LogP contribution in [0.1, 0.15) is 19.0 Å². The third kappa shape index (κ3) is 6.00. The molecule has 0 spiro atoms. The standard InChI is InChI=1S/C17H19N3O4S/c1-13(21)20-14-5-7-16(8-6-14)25(23,24)11-9-17(22)19-12-15-4-2-3-10-18-15/h2-8,10H,9,11-12H2,1H3,(H,19,22)(H,20,21). The Labute approximate surface area is 146 Å². The number of carbonyl (C=O) groups excluding carboxylic acids is 2. The van der Waals surface area contributed by atoms with Crippen molar-refractivity contribution < 1.29 is 18.0 Å². The number of hydrogen-bond donors (Lipinski definition) is 2. The minimum absolute atomic E-state index is 0.110. The summed E-state index contributed by atoms with van der Waals surface area (Å²) in [7, 11) is -3.57. The summed E-state index contributed by atoms with van der Waals surface area (Å²) in [6.45, 7) is 1.62. The van der Waals surface area contributed by atoms with Crippen LogP contribution in [-0.4, -0.2) is 31.0 Å². The first kappa shape index (κ1) is 18.6. The lowest BCUT2D eigenvalue weighted by molar-refractivity contribution is -0.121. The van der Waals surface area contributed by atoms with E-state index in [-0.39, 0.29) is 35.4 Å². The van der Waals surface area contributed by atoms with Crippen molar-refractivity contribution in [3.05, 3.63) is 54.4 Å². The molecule has 0 unspecified atom stereocenters. The van der Waals surface area contributed by atoms with Gasteiger partial charge in [-0.2, -0.15) is 0 Å². The minimum atomic E-state index is -3.57. The Hall–Kier alpha value is -2.74. The maximum absolute atomic E-state index is 12.3. The summed E-state index contributed by atoms with van der Waals surface area (Å²) in [4.78, 5) is 27.0. The Morgan fingerprint density at radius 3 is 2.40 bits per heavy atom. The highest BCUT2D eigenvalue weighted by molar-refractivity contribution is 7.91. The molecular formula is C17H19N3O4S. The Morgan fingerprint density at radius 1 is 1.08 bits per heavy atom.